The second-order valence-electron chi connectivity index (χ2n) is 9.47. The monoisotopic (exact) mass is 395 g/mol. The molecule has 0 spiro atoms. The molecule has 1 saturated heterocycles. The van der Waals surface area contributed by atoms with Crippen molar-refractivity contribution in [3.63, 3.8) is 0 Å². The van der Waals surface area contributed by atoms with E-state index in [1.165, 1.54) is 6.42 Å². The van der Waals surface area contributed by atoms with Crippen LogP contribution in [0.2, 0.25) is 0 Å². The summed E-state index contributed by atoms with van der Waals surface area (Å²) in [4.78, 5) is 30.6. The van der Waals surface area contributed by atoms with Gasteiger partial charge in [0.2, 0.25) is 5.91 Å². The van der Waals surface area contributed by atoms with Gasteiger partial charge in [0.05, 0.1) is 24.0 Å². The van der Waals surface area contributed by atoms with Crippen LogP contribution in [0.15, 0.2) is 35.5 Å². The van der Waals surface area contributed by atoms with E-state index in [-0.39, 0.29) is 23.1 Å². The largest absolute Gasteiger partial charge is 0.357 e. The number of ketones is 1. The van der Waals surface area contributed by atoms with Crippen molar-refractivity contribution in [1.29, 1.82) is 0 Å². The van der Waals surface area contributed by atoms with Crippen molar-refractivity contribution in [2.45, 2.75) is 65.3 Å². The molecule has 156 valence electrons. The number of amides is 1. The molecule has 4 rings (SSSR count). The van der Waals surface area contributed by atoms with Gasteiger partial charge in [-0.3, -0.25) is 9.59 Å². The smallest absolute Gasteiger partial charge is 0.242 e. The average Bonchev–Trinajstić information content (AvgIpc) is 2.82. The molecule has 5 nitrogen and oxygen atoms in total. The molecular formula is C24H33N3O2. The number of piperidine rings is 1. The van der Waals surface area contributed by atoms with Gasteiger partial charge in [-0.15, -0.1) is 0 Å². The Morgan fingerprint density at radius 2 is 1.86 bits per heavy atom. The molecule has 1 fully saturated rings. The van der Waals surface area contributed by atoms with Crippen LogP contribution in [0.4, 0.5) is 11.4 Å². The number of hydrogen-bond acceptors (Lipinski definition) is 4. The highest BCUT2D eigenvalue weighted by molar-refractivity contribution is 6.01. The summed E-state index contributed by atoms with van der Waals surface area (Å²) in [7, 11) is 0. The molecule has 3 aliphatic rings. The van der Waals surface area contributed by atoms with Crippen molar-refractivity contribution in [2.24, 2.45) is 5.41 Å². The fourth-order valence-electron chi connectivity index (χ4n) is 5.16. The minimum Gasteiger partial charge on any atom is -0.357 e. The van der Waals surface area contributed by atoms with Crippen molar-refractivity contribution in [2.75, 3.05) is 29.9 Å². The Bertz CT molecular complexity index is 836. The number of fused-ring (bicyclic) bond motifs is 1. The highest BCUT2D eigenvalue weighted by Gasteiger charge is 2.40. The van der Waals surface area contributed by atoms with E-state index >= 15 is 0 Å². The predicted molar refractivity (Wildman–Crippen MR) is 117 cm³/mol. The highest BCUT2D eigenvalue weighted by atomic mass is 16.2. The summed E-state index contributed by atoms with van der Waals surface area (Å²) in [5.74, 6) is 0.393. The van der Waals surface area contributed by atoms with Gasteiger partial charge in [0.15, 0.2) is 5.78 Å². The lowest BCUT2D eigenvalue weighted by Crippen LogP contribution is -2.48. The molecule has 2 heterocycles. The molecule has 1 N–H and O–H groups in total. The van der Waals surface area contributed by atoms with Gasteiger partial charge in [0.25, 0.3) is 0 Å². The van der Waals surface area contributed by atoms with Gasteiger partial charge in [-0.05, 0) is 49.7 Å². The molecule has 0 aromatic heterocycles. The van der Waals surface area contributed by atoms with Gasteiger partial charge in [-0.1, -0.05) is 32.9 Å². The number of likely N-dealkylation sites (tertiary alicyclic amines) is 1. The summed E-state index contributed by atoms with van der Waals surface area (Å²) in [6.07, 6.45) is 5.60. The lowest BCUT2D eigenvalue weighted by molar-refractivity contribution is -0.130. The molecule has 1 aromatic rings. The number of nitrogens with one attached hydrogen (secondary N) is 1. The molecule has 0 bridgehead atoms. The van der Waals surface area contributed by atoms with Crippen LogP contribution < -0.4 is 10.2 Å². The summed E-state index contributed by atoms with van der Waals surface area (Å²) in [6, 6.07) is 8.09. The predicted octanol–water partition coefficient (Wildman–Crippen LogP) is 4.35. The molecule has 5 heteroatoms. The molecule has 1 unspecified atom stereocenters. The Morgan fingerprint density at radius 3 is 2.59 bits per heavy atom. The van der Waals surface area contributed by atoms with Crippen LogP contribution in [0.25, 0.3) is 0 Å². The first-order valence-corrected chi connectivity index (χ1v) is 11.1. The number of Topliss-reactive ketones (excluding diaryl/α,β-unsaturated/α-hetero) is 1. The maximum absolute atomic E-state index is 13.2. The van der Waals surface area contributed by atoms with Crippen molar-refractivity contribution in [1.82, 2.24) is 4.90 Å². The SMILES string of the molecule is CCC1C2=C(CC(C)(C)CC2=O)Nc2ccccc2N1CC(=O)N1CCCCC1. The molecular weight excluding hydrogens is 362 g/mol. The van der Waals surface area contributed by atoms with Crippen LogP contribution in [-0.4, -0.2) is 42.3 Å². The third-order valence-electron chi connectivity index (χ3n) is 6.53. The number of allylic oxidation sites excluding steroid dienone is 1. The molecule has 1 amide bonds. The third kappa shape index (κ3) is 3.92. The Morgan fingerprint density at radius 1 is 1.14 bits per heavy atom. The molecule has 29 heavy (non-hydrogen) atoms. The van der Waals surface area contributed by atoms with Crippen LogP contribution >= 0.6 is 0 Å². The summed E-state index contributed by atoms with van der Waals surface area (Å²) < 4.78 is 0. The number of nitrogens with zero attached hydrogens (tertiary/aromatic N) is 2. The van der Waals surface area contributed by atoms with E-state index in [1.54, 1.807) is 0 Å². The van der Waals surface area contributed by atoms with Gasteiger partial charge in [0, 0.05) is 30.8 Å². The van der Waals surface area contributed by atoms with Gasteiger partial charge >= 0.3 is 0 Å². The van der Waals surface area contributed by atoms with E-state index in [1.807, 2.05) is 17.0 Å². The van der Waals surface area contributed by atoms with E-state index in [4.69, 9.17) is 0 Å². The average molecular weight is 396 g/mol. The molecule has 1 aromatic carbocycles. The molecule has 0 radical (unpaired) electrons. The first kappa shape index (κ1) is 20.0. The maximum atomic E-state index is 13.2. The minimum absolute atomic E-state index is 0.0467. The number of carbonyl (C=O) groups excluding carboxylic acids is 2. The topological polar surface area (TPSA) is 52.7 Å². The van der Waals surface area contributed by atoms with Crippen LogP contribution in [0, 0.1) is 5.41 Å². The third-order valence-corrected chi connectivity index (χ3v) is 6.53. The summed E-state index contributed by atoms with van der Waals surface area (Å²) >= 11 is 0. The van der Waals surface area contributed by atoms with Crippen LogP contribution in [0.3, 0.4) is 0 Å². The van der Waals surface area contributed by atoms with Gasteiger partial charge in [-0.25, -0.2) is 0 Å². The number of hydrogen-bond donors (Lipinski definition) is 1. The lowest BCUT2D eigenvalue weighted by atomic mass is 9.74. The summed E-state index contributed by atoms with van der Waals surface area (Å²) in [5.41, 5.74) is 3.89. The normalized spacial score (nSPS) is 23.8. The van der Waals surface area contributed by atoms with E-state index in [0.29, 0.717) is 13.0 Å². The van der Waals surface area contributed by atoms with Crippen molar-refractivity contribution >= 4 is 23.1 Å². The quantitative estimate of drug-likeness (QED) is 0.827. The van der Waals surface area contributed by atoms with Gasteiger partial charge in [-0.2, -0.15) is 0 Å². The van der Waals surface area contributed by atoms with Crippen molar-refractivity contribution < 1.29 is 9.59 Å². The number of para-hydroxylation sites is 2. The van der Waals surface area contributed by atoms with E-state index in [2.05, 4.69) is 43.1 Å². The standard InChI is InChI=1S/C24H33N3O2/c1-4-19-23-18(14-24(2,3)15-21(23)28)25-17-10-6-7-11-20(17)27(19)16-22(29)26-12-8-5-9-13-26/h6-7,10-11,19,25H,4-5,8-9,12-16H2,1-3H3. The maximum Gasteiger partial charge on any atom is 0.242 e. The zero-order chi connectivity index (χ0) is 20.6. The number of anilines is 2. The molecule has 0 saturated carbocycles. The number of benzene rings is 1. The molecule has 1 aliphatic carbocycles. The minimum atomic E-state index is -0.0708. The van der Waals surface area contributed by atoms with Gasteiger partial charge in [0.1, 0.15) is 0 Å². The first-order valence-electron chi connectivity index (χ1n) is 11.1. The fourth-order valence-corrected chi connectivity index (χ4v) is 5.16. The Hall–Kier alpha value is -2.30. The second-order valence-corrected chi connectivity index (χ2v) is 9.47. The highest BCUT2D eigenvalue weighted by Crippen LogP contribution is 2.44. The number of rotatable bonds is 3. The molecule has 1 atom stereocenters. The zero-order valence-corrected chi connectivity index (χ0v) is 18.0. The van der Waals surface area contributed by atoms with Crippen LogP contribution in [0.5, 0.6) is 0 Å². The summed E-state index contributed by atoms with van der Waals surface area (Å²) in [6.45, 7) is 8.46. The fraction of sp³-hybridized carbons (Fsp3) is 0.583. The van der Waals surface area contributed by atoms with Crippen LogP contribution in [-0.2, 0) is 9.59 Å². The van der Waals surface area contributed by atoms with E-state index in [9.17, 15) is 9.59 Å². The number of carbonyl (C=O) groups is 2. The Kier molecular flexibility index (Phi) is 5.41. The Balaban J connectivity index is 1.73. The lowest BCUT2D eigenvalue weighted by Gasteiger charge is -2.38. The van der Waals surface area contributed by atoms with Crippen molar-refractivity contribution in [3.05, 3.63) is 35.5 Å². The summed E-state index contributed by atoms with van der Waals surface area (Å²) in [5, 5.41) is 3.59. The zero-order valence-electron chi connectivity index (χ0n) is 18.0. The molecule has 2 aliphatic heterocycles. The van der Waals surface area contributed by atoms with Crippen molar-refractivity contribution in [3.8, 4) is 0 Å². The van der Waals surface area contributed by atoms with Crippen LogP contribution in [0.1, 0.15) is 59.3 Å². The van der Waals surface area contributed by atoms with E-state index in [0.717, 1.165) is 61.4 Å². The van der Waals surface area contributed by atoms with Gasteiger partial charge < -0.3 is 15.1 Å². The van der Waals surface area contributed by atoms with E-state index < -0.39 is 0 Å². The first-order chi connectivity index (χ1) is 13.9. The second kappa shape index (κ2) is 7.85. The Labute approximate surface area is 174 Å².